The molecular formula is C12H15N3O5. The number of carboxylic acids is 1. The van der Waals surface area contributed by atoms with Gasteiger partial charge in [-0.1, -0.05) is 12.1 Å². The minimum Gasteiger partial charge on any atom is -0.480 e. The lowest BCUT2D eigenvalue weighted by Gasteiger charge is -2.11. The Kier molecular flexibility index (Phi) is 5.82. The van der Waals surface area contributed by atoms with E-state index in [0.717, 1.165) is 0 Å². The largest absolute Gasteiger partial charge is 0.480 e. The second-order valence-corrected chi connectivity index (χ2v) is 3.78. The summed E-state index contributed by atoms with van der Waals surface area (Å²) in [5.74, 6) is -1.40. The molecule has 0 bridgehead atoms. The van der Waals surface area contributed by atoms with E-state index in [1.54, 1.807) is 18.2 Å². The zero-order chi connectivity index (χ0) is 15.0. The highest BCUT2D eigenvalue weighted by Gasteiger charge is 2.08. The quantitative estimate of drug-likeness (QED) is 0.565. The zero-order valence-corrected chi connectivity index (χ0v) is 10.6. The Balaban J connectivity index is 2.55. The van der Waals surface area contributed by atoms with Crippen LogP contribution in [-0.2, 0) is 9.59 Å². The smallest absolute Gasteiger partial charge is 0.341 e. The summed E-state index contributed by atoms with van der Waals surface area (Å²) in [6.45, 7) is -0.401. The molecular weight excluding hydrogens is 266 g/mol. The van der Waals surface area contributed by atoms with Gasteiger partial charge in [0.15, 0.2) is 6.61 Å². The maximum Gasteiger partial charge on any atom is 0.341 e. The van der Waals surface area contributed by atoms with Crippen molar-refractivity contribution in [1.29, 1.82) is 0 Å². The van der Waals surface area contributed by atoms with E-state index in [1.165, 1.54) is 6.07 Å². The van der Waals surface area contributed by atoms with Crippen LogP contribution in [0.4, 0.5) is 10.5 Å². The third kappa shape index (κ3) is 5.71. The number of primary amides is 1. The van der Waals surface area contributed by atoms with Gasteiger partial charge in [0, 0.05) is 13.0 Å². The van der Waals surface area contributed by atoms with Crippen LogP contribution in [0.1, 0.15) is 6.42 Å². The van der Waals surface area contributed by atoms with Gasteiger partial charge in [0.05, 0.1) is 5.69 Å². The summed E-state index contributed by atoms with van der Waals surface area (Å²) in [4.78, 5) is 32.5. The van der Waals surface area contributed by atoms with E-state index >= 15 is 0 Å². The molecule has 3 amide bonds. The normalized spacial score (nSPS) is 9.60. The number of aliphatic carboxylic acids is 1. The van der Waals surface area contributed by atoms with Crippen molar-refractivity contribution in [2.24, 2.45) is 5.73 Å². The van der Waals surface area contributed by atoms with Crippen LogP contribution < -0.4 is 21.1 Å². The Morgan fingerprint density at radius 2 is 1.95 bits per heavy atom. The van der Waals surface area contributed by atoms with Crippen LogP contribution in [0, 0.1) is 0 Å². The van der Waals surface area contributed by atoms with E-state index in [-0.39, 0.29) is 18.7 Å². The number of carbonyl (C=O) groups excluding carboxylic acids is 2. The van der Waals surface area contributed by atoms with Crippen LogP contribution in [0.2, 0.25) is 0 Å². The molecule has 0 spiro atoms. The predicted octanol–water partition coefficient (Wildman–Crippen LogP) is 0.147. The van der Waals surface area contributed by atoms with Gasteiger partial charge < -0.3 is 26.2 Å². The Bertz CT molecular complexity index is 504. The molecule has 0 aliphatic heterocycles. The van der Waals surface area contributed by atoms with Gasteiger partial charge in [0.25, 0.3) is 0 Å². The van der Waals surface area contributed by atoms with E-state index in [0.29, 0.717) is 5.69 Å². The van der Waals surface area contributed by atoms with Crippen LogP contribution in [0.3, 0.4) is 0 Å². The Morgan fingerprint density at radius 1 is 1.25 bits per heavy atom. The molecule has 8 nitrogen and oxygen atoms in total. The molecule has 0 aliphatic rings. The minimum atomic E-state index is -1.12. The van der Waals surface area contributed by atoms with Crippen LogP contribution in [0.5, 0.6) is 5.75 Å². The lowest BCUT2D eigenvalue weighted by atomic mass is 10.3. The van der Waals surface area contributed by atoms with Gasteiger partial charge in [-0.15, -0.1) is 0 Å². The Labute approximate surface area is 114 Å². The summed E-state index contributed by atoms with van der Waals surface area (Å²) in [5.41, 5.74) is 5.26. The third-order valence-corrected chi connectivity index (χ3v) is 2.14. The number of anilines is 1. The first-order chi connectivity index (χ1) is 9.49. The van der Waals surface area contributed by atoms with Gasteiger partial charge in [-0.05, 0) is 12.1 Å². The number of nitrogens with two attached hydrogens (primary N) is 1. The highest BCUT2D eigenvalue weighted by Crippen LogP contribution is 2.23. The lowest BCUT2D eigenvalue weighted by molar-refractivity contribution is -0.139. The summed E-state index contributed by atoms with van der Waals surface area (Å²) in [5, 5.41) is 13.5. The SMILES string of the molecule is NC(=O)CCNC(=O)Nc1ccccc1OCC(=O)O. The Morgan fingerprint density at radius 3 is 2.60 bits per heavy atom. The third-order valence-electron chi connectivity index (χ3n) is 2.14. The van der Waals surface area contributed by atoms with Gasteiger partial charge >= 0.3 is 12.0 Å². The molecule has 0 fully saturated rings. The molecule has 0 heterocycles. The van der Waals surface area contributed by atoms with Gasteiger partial charge in [-0.25, -0.2) is 9.59 Å². The molecule has 1 rings (SSSR count). The molecule has 0 saturated heterocycles. The van der Waals surface area contributed by atoms with E-state index < -0.39 is 24.5 Å². The molecule has 108 valence electrons. The van der Waals surface area contributed by atoms with Gasteiger partial charge in [-0.3, -0.25) is 4.79 Å². The number of rotatable bonds is 7. The van der Waals surface area contributed by atoms with Gasteiger partial charge in [-0.2, -0.15) is 0 Å². The van der Waals surface area contributed by atoms with E-state index in [4.69, 9.17) is 15.6 Å². The summed E-state index contributed by atoms with van der Waals surface area (Å²) < 4.78 is 5.03. The maximum atomic E-state index is 11.5. The van der Waals surface area contributed by atoms with E-state index in [9.17, 15) is 14.4 Å². The standard InChI is InChI=1S/C12H15N3O5/c13-10(16)5-6-14-12(19)15-8-3-1-2-4-9(8)20-7-11(17)18/h1-4H,5-7H2,(H2,13,16)(H,17,18)(H2,14,15,19). The number of carbonyl (C=O) groups is 3. The van der Waals surface area contributed by atoms with Crippen molar-refractivity contribution < 1.29 is 24.2 Å². The molecule has 5 N–H and O–H groups in total. The van der Waals surface area contributed by atoms with Crippen LogP contribution in [0.25, 0.3) is 0 Å². The molecule has 0 radical (unpaired) electrons. The number of nitrogens with one attached hydrogen (secondary N) is 2. The summed E-state index contributed by atoms with van der Waals surface area (Å²) in [6, 6.07) is 5.85. The molecule has 0 saturated carbocycles. The fourth-order valence-corrected chi connectivity index (χ4v) is 1.30. The molecule has 0 aromatic heterocycles. The first kappa shape index (κ1) is 15.3. The summed E-state index contributed by atoms with van der Waals surface area (Å²) >= 11 is 0. The molecule has 1 aromatic rings. The van der Waals surface area contributed by atoms with Crippen molar-refractivity contribution in [3.8, 4) is 5.75 Å². The van der Waals surface area contributed by atoms with Gasteiger partial charge in [0.2, 0.25) is 5.91 Å². The highest BCUT2D eigenvalue weighted by molar-refractivity contribution is 5.91. The molecule has 8 heteroatoms. The number of hydrogen-bond acceptors (Lipinski definition) is 4. The fourth-order valence-electron chi connectivity index (χ4n) is 1.30. The van der Waals surface area contributed by atoms with E-state index in [2.05, 4.69) is 10.6 Å². The van der Waals surface area contributed by atoms with Crippen LogP contribution in [-0.4, -0.2) is 36.2 Å². The van der Waals surface area contributed by atoms with Gasteiger partial charge in [0.1, 0.15) is 5.75 Å². The van der Waals surface area contributed by atoms with Crippen molar-refractivity contribution in [3.63, 3.8) is 0 Å². The van der Waals surface area contributed by atoms with Crippen molar-refractivity contribution in [2.75, 3.05) is 18.5 Å². The highest BCUT2D eigenvalue weighted by atomic mass is 16.5. The molecule has 1 aromatic carbocycles. The molecule has 0 atom stereocenters. The summed E-state index contributed by atoms with van der Waals surface area (Å²) in [6.07, 6.45) is 0.0323. The average molecular weight is 281 g/mol. The number of ether oxygens (including phenoxy) is 1. The number of urea groups is 1. The number of para-hydroxylation sites is 2. The van der Waals surface area contributed by atoms with Crippen LogP contribution >= 0.6 is 0 Å². The molecule has 0 unspecified atom stereocenters. The fraction of sp³-hybridized carbons (Fsp3) is 0.250. The minimum absolute atomic E-state index is 0.0323. The molecule has 20 heavy (non-hydrogen) atoms. The number of benzene rings is 1. The second kappa shape index (κ2) is 7.62. The summed E-state index contributed by atoms with van der Waals surface area (Å²) in [7, 11) is 0. The van der Waals surface area contributed by atoms with Crippen molar-refractivity contribution in [3.05, 3.63) is 24.3 Å². The topological polar surface area (TPSA) is 131 Å². The average Bonchev–Trinajstić information content (AvgIpc) is 2.37. The zero-order valence-electron chi connectivity index (χ0n) is 10.6. The number of amides is 3. The second-order valence-electron chi connectivity index (χ2n) is 3.78. The first-order valence-electron chi connectivity index (χ1n) is 5.76. The van der Waals surface area contributed by atoms with Crippen molar-refractivity contribution in [2.45, 2.75) is 6.42 Å². The predicted molar refractivity (Wildman–Crippen MR) is 70.4 cm³/mol. The van der Waals surface area contributed by atoms with Crippen molar-refractivity contribution >= 4 is 23.6 Å². The van der Waals surface area contributed by atoms with Crippen molar-refractivity contribution in [1.82, 2.24) is 5.32 Å². The maximum absolute atomic E-state index is 11.5. The monoisotopic (exact) mass is 281 g/mol. The number of carboxylic acid groups (broad SMARTS) is 1. The number of hydrogen-bond donors (Lipinski definition) is 4. The molecule has 0 aliphatic carbocycles. The van der Waals surface area contributed by atoms with E-state index in [1.807, 2.05) is 0 Å². The Hall–Kier alpha value is -2.77. The first-order valence-corrected chi connectivity index (χ1v) is 5.76. The lowest BCUT2D eigenvalue weighted by Crippen LogP contribution is -2.31. The van der Waals surface area contributed by atoms with Crippen LogP contribution in [0.15, 0.2) is 24.3 Å².